The zero-order chi connectivity index (χ0) is 18.4. The van der Waals surface area contributed by atoms with Crippen LogP contribution in [-0.4, -0.2) is 38.0 Å². The Hall–Kier alpha value is -2.34. The summed E-state index contributed by atoms with van der Waals surface area (Å²) in [4.78, 5) is 14.4. The number of amides is 1. The number of hydrogen-bond acceptors (Lipinski definition) is 2. The lowest BCUT2D eigenvalue weighted by atomic mass is 9.98. The summed E-state index contributed by atoms with van der Waals surface area (Å²) in [5.41, 5.74) is 0.933. The molecule has 1 amide bonds. The monoisotopic (exact) mass is 350 g/mol. The van der Waals surface area contributed by atoms with Gasteiger partial charge in [0.2, 0.25) is 0 Å². The summed E-state index contributed by atoms with van der Waals surface area (Å²) in [6, 6.07) is 11.7. The smallest absolute Gasteiger partial charge is 0.352 e. The number of nitrogens with one attached hydrogen (secondary N) is 1. The second-order valence-electron chi connectivity index (χ2n) is 6.03. The minimum absolute atomic E-state index is 0.228. The van der Waals surface area contributed by atoms with Crippen LogP contribution >= 0.6 is 0 Å². The predicted molar refractivity (Wildman–Crippen MR) is 92.4 cm³/mol. The van der Waals surface area contributed by atoms with E-state index < -0.39 is 11.7 Å². The maximum absolute atomic E-state index is 12.7. The Kier molecular flexibility index (Phi) is 6.20. The fraction of sp³-hybridized carbons (Fsp3) is 0.316. The van der Waals surface area contributed by atoms with Crippen molar-refractivity contribution in [1.29, 1.82) is 0 Å². The summed E-state index contributed by atoms with van der Waals surface area (Å²) in [7, 11) is 3.92. The lowest BCUT2D eigenvalue weighted by molar-refractivity contribution is -0.137. The second kappa shape index (κ2) is 8.16. The summed E-state index contributed by atoms with van der Waals surface area (Å²) < 4.78 is 38.1. The SMILES string of the molecule is CN(C)CCCNC(=O)c1ccccc1-c1ccc(C(F)(F)F)cc1. The van der Waals surface area contributed by atoms with Crippen molar-refractivity contribution in [2.45, 2.75) is 12.6 Å². The molecule has 0 unspecified atom stereocenters. The number of benzene rings is 2. The zero-order valence-corrected chi connectivity index (χ0v) is 14.2. The van der Waals surface area contributed by atoms with Crippen LogP contribution in [0, 0.1) is 0 Å². The molecule has 0 aliphatic carbocycles. The van der Waals surface area contributed by atoms with E-state index in [1.54, 1.807) is 24.3 Å². The van der Waals surface area contributed by atoms with E-state index in [2.05, 4.69) is 5.32 Å². The highest BCUT2D eigenvalue weighted by Gasteiger charge is 2.30. The van der Waals surface area contributed by atoms with E-state index in [1.165, 1.54) is 12.1 Å². The molecule has 0 heterocycles. The third-order valence-corrected chi connectivity index (χ3v) is 3.76. The highest BCUT2D eigenvalue weighted by atomic mass is 19.4. The van der Waals surface area contributed by atoms with Crippen molar-refractivity contribution >= 4 is 5.91 Å². The van der Waals surface area contributed by atoms with Gasteiger partial charge in [-0.25, -0.2) is 0 Å². The molecular formula is C19H21F3N2O. The molecule has 0 fully saturated rings. The average Bonchev–Trinajstić information content (AvgIpc) is 2.58. The number of carbonyl (C=O) groups excluding carboxylic acids is 1. The molecule has 0 saturated heterocycles. The van der Waals surface area contributed by atoms with Gasteiger partial charge < -0.3 is 10.2 Å². The molecule has 6 heteroatoms. The minimum atomic E-state index is -4.37. The first-order valence-corrected chi connectivity index (χ1v) is 7.98. The summed E-state index contributed by atoms with van der Waals surface area (Å²) in [5.74, 6) is -0.228. The molecular weight excluding hydrogens is 329 g/mol. The van der Waals surface area contributed by atoms with Gasteiger partial charge in [-0.2, -0.15) is 13.2 Å². The van der Waals surface area contributed by atoms with Crippen LogP contribution in [0.1, 0.15) is 22.3 Å². The molecule has 1 N–H and O–H groups in total. The van der Waals surface area contributed by atoms with E-state index in [0.717, 1.165) is 25.1 Å². The first-order chi connectivity index (χ1) is 11.8. The highest BCUT2D eigenvalue weighted by molar-refractivity contribution is 6.00. The van der Waals surface area contributed by atoms with E-state index in [4.69, 9.17) is 0 Å². The Morgan fingerprint density at radius 1 is 1.04 bits per heavy atom. The van der Waals surface area contributed by atoms with Crippen LogP contribution in [-0.2, 0) is 6.18 Å². The molecule has 2 rings (SSSR count). The molecule has 3 nitrogen and oxygen atoms in total. The van der Waals surface area contributed by atoms with Crippen LogP contribution < -0.4 is 5.32 Å². The molecule has 25 heavy (non-hydrogen) atoms. The first-order valence-electron chi connectivity index (χ1n) is 7.98. The molecule has 0 atom stereocenters. The number of alkyl halides is 3. The third kappa shape index (κ3) is 5.32. The van der Waals surface area contributed by atoms with Crippen LogP contribution in [0.2, 0.25) is 0 Å². The van der Waals surface area contributed by atoms with Crippen molar-refractivity contribution in [3.63, 3.8) is 0 Å². The number of carbonyl (C=O) groups is 1. The largest absolute Gasteiger partial charge is 0.416 e. The fourth-order valence-electron chi connectivity index (χ4n) is 2.46. The van der Waals surface area contributed by atoms with Gasteiger partial charge in [-0.3, -0.25) is 4.79 Å². The number of nitrogens with zero attached hydrogens (tertiary/aromatic N) is 1. The standard InChI is InChI=1S/C19H21F3N2O/c1-24(2)13-5-12-23-18(25)17-7-4-3-6-16(17)14-8-10-15(11-9-14)19(20,21)22/h3-4,6-11H,5,12-13H2,1-2H3,(H,23,25). The summed E-state index contributed by atoms with van der Waals surface area (Å²) >= 11 is 0. The quantitative estimate of drug-likeness (QED) is 0.797. The lowest BCUT2D eigenvalue weighted by Gasteiger charge is -2.13. The molecule has 0 aliphatic heterocycles. The maximum Gasteiger partial charge on any atom is 0.416 e. The molecule has 2 aromatic rings. The Morgan fingerprint density at radius 3 is 2.28 bits per heavy atom. The third-order valence-electron chi connectivity index (χ3n) is 3.76. The van der Waals surface area contributed by atoms with Gasteiger partial charge in [0.15, 0.2) is 0 Å². The zero-order valence-electron chi connectivity index (χ0n) is 14.2. The molecule has 0 saturated carbocycles. The summed E-state index contributed by atoms with van der Waals surface area (Å²) in [5, 5.41) is 2.85. The average molecular weight is 350 g/mol. The van der Waals surface area contributed by atoms with E-state index in [1.807, 2.05) is 19.0 Å². The van der Waals surface area contributed by atoms with Crippen molar-refractivity contribution in [2.75, 3.05) is 27.2 Å². The van der Waals surface area contributed by atoms with Crippen LogP contribution in [0.5, 0.6) is 0 Å². The van der Waals surface area contributed by atoms with Crippen molar-refractivity contribution in [2.24, 2.45) is 0 Å². The van der Waals surface area contributed by atoms with Crippen molar-refractivity contribution in [3.05, 3.63) is 59.7 Å². The van der Waals surface area contributed by atoms with Gasteiger partial charge in [0.25, 0.3) is 5.91 Å². The van der Waals surface area contributed by atoms with E-state index in [-0.39, 0.29) is 5.91 Å². The van der Waals surface area contributed by atoms with E-state index >= 15 is 0 Å². The maximum atomic E-state index is 12.7. The van der Waals surface area contributed by atoms with Gasteiger partial charge in [0.05, 0.1) is 5.56 Å². The van der Waals surface area contributed by atoms with Gasteiger partial charge in [-0.1, -0.05) is 30.3 Å². The van der Waals surface area contributed by atoms with Gasteiger partial charge >= 0.3 is 6.18 Å². The van der Waals surface area contributed by atoms with Crippen LogP contribution in [0.25, 0.3) is 11.1 Å². The Balaban J connectivity index is 2.16. The topological polar surface area (TPSA) is 32.3 Å². The summed E-state index contributed by atoms with van der Waals surface area (Å²) in [6.07, 6.45) is -3.55. The van der Waals surface area contributed by atoms with Crippen LogP contribution in [0.15, 0.2) is 48.5 Å². The predicted octanol–water partition coefficient (Wildman–Crippen LogP) is 4.05. The second-order valence-corrected chi connectivity index (χ2v) is 6.03. The number of hydrogen-bond donors (Lipinski definition) is 1. The molecule has 2 aromatic carbocycles. The van der Waals surface area contributed by atoms with Crippen LogP contribution in [0.3, 0.4) is 0 Å². The van der Waals surface area contributed by atoms with Crippen LogP contribution in [0.4, 0.5) is 13.2 Å². The van der Waals surface area contributed by atoms with Gasteiger partial charge in [0.1, 0.15) is 0 Å². The van der Waals surface area contributed by atoms with Crippen molar-refractivity contribution in [1.82, 2.24) is 10.2 Å². The normalized spacial score (nSPS) is 11.6. The van der Waals surface area contributed by atoms with Crippen molar-refractivity contribution < 1.29 is 18.0 Å². The molecule has 0 spiro atoms. The Morgan fingerprint density at radius 2 is 1.68 bits per heavy atom. The van der Waals surface area contributed by atoms with E-state index in [9.17, 15) is 18.0 Å². The Labute approximate surface area is 145 Å². The molecule has 0 bridgehead atoms. The first kappa shape index (κ1) is 19.0. The summed E-state index contributed by atoms with van der Waals surface area (Å²) in [6.45, 7) is 1.40. The molecule has 0 aliphatic rings. The van der Waals surface area contributed by atoms with E-state index in [0.29, 0.717) is 23.2 Å². The van der Waals surface area contributed by atoms with Gasteiger partial charge in [-0.15, -0.1) is 0 Å². The molecule has 0 aromatic heterocycles. The fourth-order valence-corrected chi connectivity index (χ4v) is 2.46. The molecule has 0 radical (unpaired) electrons. The minimum Gasteiger partial charge on any atom is -0.352 e. The van der Waals surface area contributed by atoms with Gasteiger partial charge in [0, 0.05) is 12.1 Å². The number of rotatable bonds is 6. The number of halogens is 3. The lowest BCUT2D eigenvalue weighted by Crippen LogP contribution is -2.27. The van der Waals surface area contributed by atoms with Gasteiger partial charge in [-0.05, 0) is 56.4 Å². The Bertz CT molecular complexity index is 709. The van der Waals surface area contributed by atoms with Crippen molar-refractivity contribution in [3.8, 4) is 11.1 Å². The highest BCUT2D eigenvalue weighted by Crippen LogP contribution is 2.31. The molecule has 134 valence electrons.